The standard InChI is InChI=1S/C19H25NO/c1-16(18-6-4-3-5-7-18)12-14-20-15-13-17-8-10-19(21-2)11-9-17/h3-11,16,20H,12-15H2,1-2H3. The molecule has 2 rings (SSSR count). The highest BCUT2D eigenvalue weighted by Crippen LogP contribution is 2.17. The van der Waals surface area contributed by atoms with Crippen LogP contribution in [-0.2, 0) is 6.42 Å². The highest BCUT2D eigenvalue weighted by molar-refractivity contribution is 5.27. The van der Waals surface area contributed by atoms with Crippen LogP contribution < -0.4 is 10.1 Å². The van der Waals surface area contributed by atoms with Crippen LogP contribution in [0.15, 0.2) is 54.6 Å². The molecule has 112 valence electrons. The molecular weight excluding hydrogens is 258 g/mol. The highest BCUT2D eigenvalue weighted by atomic mass is 16.5. The van der Waals surface area contributed by atoms with Gasteiger partial charge in [-0.3, -0.25) is 0 Å². The Bertz CT molecular complexity index is 507. The minimum absolute atomic E-state index is 0.611. The minimum atomic E-state index is 0.611. The van der Waals surface area contributed by atoms with Gasteiger partial charge < -0.3 is 10.1 Å². The zero-order valence-electron chi connectivity index (χ0n) is 13.0. The molecule has 2 heteroatoms. The van der Waals surface area contributed by atoms with Crippen molar-refractivity contribution in [1.29, 1.82) is 0 Å². The summed E-state index contributed by atoms with van der Waals surface area (Å²) in [6.07, 6.45) is 2.23. The summed E-state index contributed by atoms with van der Waals surface area (Å²) in [5.74, 6) is 1.53. The molecule has 0 amide bonds. The van der Waals surface area contributed by atoms with Gasteiger partial charge in [0, 0.05) is 0 Å². The Morgan fingerprint density at radius 1 is 0.952 bits per heavy atom. The van der Waals surface area contributed by atoms with E-state index in [1.807, 2.05) is 12.1 Å². The maximum absolute atomic E-state index is 5.16. The lowest BCUT2D eigenvalue weighted by atomic mass is 9.98. The monoisotopic (exact) mass is 283 g/mol. The third-order valence-corrected chi connectivity index (χ3v) is 3.87. The normalized spacial score (nSPS) is 12.1. The molecule has 0 aromatic heterocycles. The first-order valence-corrected chi connectivity index (χ1v) is 7.68. The molecule has 0 aliphatic heterocycles. The Morgan fingerprint density at radius 3 is 2.33 bits per heavy atom. The highest BCUT2D eigenvalue weighted by Gasteiger charge is 2.03. The number of rotatable bonds is 8. The zero-order chi connectivity index (χ0) is 14.9. The summed E-state index contributed by atoms with van der Waals surface area (Å²) in [4.78, 5) is 0. The lowest BCUT2D eigenvalue weighted by Crippen LogP contribution is -2.19. The van der Waals surface area contributed by atoms with Gasteiger partial charge in [-0.05, 0) is 55.1 Å². The van der Waals surface area contributed by atoms with Gasteiger partial charge in [0.1, 0.15) is 5.75 Å². The topological polar surface area (TPSA) is 21.3 Å². The second kappa shape index (κ2) is 8.48. The molecule has 0 saturated heterocycles. The van der Waals surface area contributed by atoms with E-state index in [0.717, 1.165) is 25.3 Å². The quantitative estimate of drug-likeness (QED) is 0.739. The number of benzene rings is 2. The Morgan fingerprint density at radius 2 is 1.67 bits per heavy atom. The molecule has 0 fully saturated rings. The lowest BCUT2D eigenvalue weighted by molar-refractivity contribution is 0.414. The van der Waals surface area contributed by atoms with Crippen molar-refractivity contribution in [1.82, 2.24) is 5.32 Å². The molecule has 2 nitrogen and oxygen atoms in total. The molecule has 0 aliphatic rings. The predicted molar refractivity (Wildman–Crippen MR) is 89.0 cm³/mol. The lowest BCUT2D eigenvalue weighted by Gasteiger charge is -2.12. The molecule has 2 aromatic rings. The molecule has 0 heterocycles. The van der Waals surface area contributed by atoms with E-state index in [4.69, 9.17) is 4.74 Å². The van der Waals surface area contributed by atoms with Crippen molar-refractivity contribution in [2.24, 2.45) is 0 Å². The number of methoxy groups -OCH3 is 1. The number of ether oxygens (including phenoxy) is 1. The van der Waals surface area contributed by atoms with Gasteiger partial charge in [-0.25, -0.2) is 0 Å². The van der Waals surface area contributed by atoms with Crippen LogP contribution in [0.1, 0.15) is 30.4 Å². The molecule has 0 spiro atoms. The average Bonchev–Trinajstić information content (AvgIpc) is 2.55. The van der Waals surface area contributed by atoms with Crippen molar-refractivity contribution in [3.05, 3.63) is 65.7 Å². The molecule has 1 N–H and O–H groups in total. The molecule has 0 radical (unpaired) electrons. The molecule has 0 saturated carbocycles. The fourth-order valence-corrected chi connectivity index (χ4v) is 2.42. The summed E-state index contributed by atoms with van der Waals surface area (Å²) in [6.45, 7) is 4.38. The first-order chi connectivity index (χ1) is 10.3. The van der Waals surface area contributed by atoms with Crippen molar-refractivity contribution in [3.63, 3.8) is 0 Å². The second-order valence-corrected chi connectivity index (χ2v) is 5.45. The van der Waals surface area contributed by atoms with Crippen molar-refractivity contribution < 1.29 is 4.74 Å². The molecule has 1 atom stereocenters. The second-order valence-electron chi connectivity index (χ2n) is 5.45. The van der Waals surface area contributed by atoms with Crippen LogP contribution in [0.2, 0.25) is 0 Å². The van der Waals surface area contributed by atoms with Crippen LogP contribution >= 0.6 is 0 Å². The number of hydrogen-bond acceptors (Lipinski definition) is 2. The van der Waals surface area contributed by atoms with E-state index in [2.05, 4.69) is 54.7 Å². The summed E-state index contributed by atoms with van der Waals surface area (Å²) < 4.78 is 5.16. The molecule has 0 aliphatic carbocycles. The Kier molecular flexibility index (Phi) is 6.29. The molecule has 2 aromatic carbocycles. The Hall–Kier alpha value is -1.80. The van der Waals surface area contributed by atoms with Crippen LogP contribution in [0, 0.1) is 0 Å². The Balaban J connectivity index is 1.63. The van der Waals surface area contributed by atoms with E-state index in [-0.39, 0.29) is 0 Å². The van der Waals surface area contributed by atoms with E-state index in [1.54, 1.807) is 7.11 Å². The van der Waals surface area contributed by atoms with E-state index in [9.17, 15) is 0 Å². The SMILES string of the molecule is COc1ccc(CCNCCC(C)c2ccccc2)cc1. The Labute approximate surface area is 128 Å². The minimum Gasteiger partial charge on any atom is -0.497 e. The average molecular weight is 283 g/mol. The summed E-state index contributed by atoms with van der Waals surface area (Å²) in [5.41, 5.74) is 2.77. The number of hydrogen-bond donors (Lipinski definition) is 1. The van der Waals surface area contributed by atoms with Crippen LogP contribution in [0.4, 0.5) is 0 Å². The van der Waals surface area contributed by atoms with Gasteiger partial charge in [-0.2, -0.15) is 0 Å². The van der Waals surface area contributed by atoms with E-state index in [1.165, 1.54) is 17.5 Å². The van der Waals surface area contributed by atoms with Gasteiger partial charge in [-0.15, -0.1) is 0 Å². The largest absolute Gasteiger partial charge is 0.497 e. The summed E-state index contributed by atoms with van der Waals surface area (Å²) in [5, 5.41) is 3.53. The van der Waals surface area contributed by atoms with Crippen LogP contribution in [0.5, 0.6) is 5.75 Å². The fraction of sp³-hybridized carbons (Fsp3) is 0.368. The van der Waals surface area contributed by atoms with Crippen molar-refractivity contribution in [2.45, 2.75) is 25.7 Å². The first-order valence-electron chi connectivity index (χ1n) is 7.68. The van der Waals surface area contributed by atoms with Crippen molar-refractivity contribution in [2.75, 3.05) is 20.2 Å². The summed E-state index contributed by atoms with van der Waals surface area (Å²) >= 11 is 0. The molecule has 0 bridgehead atoms. The summed E-state index contributed by atoms with van der Waals surface area (Å²) in [6, 6.07) is 19.0. The molecule has 21 heavy (non-hydrogen) atoms. The van der Waals surface area contributed by atoms with Gasteiger partial charge in [0.05, 0.1) is 7.11 Å². The van der Waals surface area contributed by atoms with Gasteiger partial charge in [0.15, 0.2) is 0 Å². The van der Waals surface area contributed by atoms with Crippen LogP contribution in [0.3, 0.4) is 0 Å². The maximum atomic E-state index is 5.16. The number of nitrogens with one attached hydrogen (secondary N) is 1. The van der Waals surface area contributed by atoms with Crippen LogP contribution in [-0.4, -0.2) is 20.2 Å². The van der Waals surface area contributed by atoms with Crippen molar-refractivity contribution >= 4 is 0 Å². The van der Waals surface area contributed by atoms with E-state index in [0.29, 0.717) is 5.92 Å². The first kappa shape index (κ1) is 15.6. The van der Waals surface area contributed by atoms with Gasteiger partial charge in [-0.1, -0.05) is 49.4 Å². The predicted octanol–water partition coefficient (Wildman–Crippen LogP) is 4.02. The third kappa shape index (κ3) is 5.24. The van der Waals surface area contributed by atoms with Gasteiger partial charge in [0.2, 0.25) is 0 Å². The molecule has 1 unspecified atom stereocenters. The van der Waals surface area contributed by atoms with E-state index < -0.39 is 0 Å². The maximum Gasteiger partial charge on any atom is 0.118 e. The van der Waals surface area contributed by atoms with Crippen molar-refractivity contribution in [3.8, 4) is 5.75 Å². The third-order valence-electron chi connectivity index (χ3n) is 3.87. The zero-order valence-corrected chi connectivity index (χ0v) is 13.0. The van der Waals surface area contributed by atoms with E-state index >= 15 is 0 Å². The van der Waals surface area contributed by atoms with Crippen LogP contribution in [0.25, 0.3) is 0 Å². The van der Waals surface area contributed by atoms with Gasteiger partial charge >= 0.3 is 0 Å². The van der Waals surface area contributed by atoms with Gasteiger partial charge in [0.25, 0.3) is 0 Å². The summed E-state index contributed by atoms with van der Waals surface area (Å²) in [7, 11) is 1.70. The molecular formula is C19H25NO. The fourth-order valence-electron chi connectivity index (χ4n) is 2.42. The smallest absolute Gasteiger partial charge is 0.118 e.